The molecule has 0 spiro atoms. The van der Waals surface area contributed by atoms with Crippen molar-refractivity contribution in [3.63, 3.8) is 0 Å². The average molecular weight is 198 g/mol. The van der Waals surface area contributed by atoms with Crippen LogP contribution < -0.4 is 5.32 Å². The summed E-state index contributed by atoms with van der Waals surface area (Å²) >= 11 is 0. The van der Waals surface area contributed by atoms with Crippen LogP contribution >= 0.6 is 0 Å². The molecule has 0 aromatic carbocycles. The molecular weight excluding hydrogens is 176 g/mol. The normalized spacial score (nSPS) is 18.6. The van der Waals surface area contributed by atoms with E-state index in [1.54, 1.807) is 0 Å². The molecule has 0 bridgehead atoms. The largest absolute Gasteiger partial charge is 0.342 e. The molecule has 0 unspecified atom stereocenters. The monoisotopic (exact) mass is 198 g/mol. The van der Waals surface area contributed by atoms with Crippen molar-refractivity contribution in [2.24, 2.45) is 5.92 Å². The van der Waals surface area contributed by atoms with Gasteiger partial charge in [0.25, 0.3) is 0 Å². The van der Waals surface area contributed by atoms with Gasteiger partial charge >= 0.3 is 0 Å². The summed E-state index contributed by atoms with van der Waals surface area (Å²) in [6, 6.07) is 0. The molecule has 0 aromatic heterocycles. The average Bonchev–Trinajstić information content (AvgIpc) is 2.19. The quantitative estimate of drug-likeness (QED) is 0.689. The second-order valence-corrected chi connectivity index (χ2v) is 4.24. The van der Waals surface area contributed by atoms with Crippen molar-refractivity contribution < 1.29 is 4.79 Å². The fourth-order valence-corrected chi connectivity index (χ4v) is 1.74. The lowest BCUT2D eigenvalue weighted by atomic mass is 9.99. The second-order valence-electron chi connectivity index (χ2n) is 4.24. The standard InChI is InChI=1S/C11H22N2O/c1-3-6-12-9-11(14)13-7-4-10(2)5-8-13/h10,12H,3-9H2,1-2H3. The first-order chi connectivity index (χ1) is 6.74. The van der Waals surface area contributed by atoms with Crippen LogP contribution in [0.2, 0.25) is 0 Å². The number of carbonyl (C=O) groups is 1. The third-order valence-corrected chi connectivity index (χ3v) is 2.84. The second kappa shape index (κ2) is 6.02. The minimum Gasteiger partial charge on any atom is -0.342 e. The summed E-state index contributed by atoms with van der Waals surface area (Å²) in [5.74, 6) is 1.06. The predicted molar refractivity (Wildman–Crippen MR) is 58.1 cm³/mol. The first kappa shape index (κ1) is 11.5. The Morgan fingerprint density at radius 2 is 2.07 bits per heavy atom. The molecule has 1 saturated heterocycles. The van der Waals surface area contributed by atoms with E-state index in [9.17, 15) is 4.79 Å². The summed E-state index contributed by atoms with van der Waals surface area (Å²) in [6.45, 7) is 7.73. The molecule has 0 saturated carbocycles. The van der Waals surface area contributed by atoms with Crippen LogP contribution in [0.3, 0.4) is 0 Å². The number of amides is 1. The summed E-state index contributed by atoms with van der Waals surface area (Å²) in [4.78, 5) is 13.6. The first-order valence-corrected chi connectivity index (χ1v) is 5.72. The number of piperidine rings is 1. The third kappa shape index (κ3) is 3.66. The molecule has 1 aliphatic rings. The minimum atomic E-state index is 0.269. The zero-order valence-electron chi connectivity index (χ0n) is 9.38. The fraction of sp³-hybridized carbons (Fsp3) is 0.909. The van der Waals surface area contributed by atoms with Gasteiger partial charge in [-0.05, 0) is 31.7 Å². The van der Waals surface area contributed by atoms with E-state index in [4.69, 9.17) is 0 Å². The van der Waals surface area contributed by atoms with Crippen molar-refractivity contribution in [2.45, 2.75) is 33.1 Å². The van der Waals surface area contributed by atoms with Gasteiger partial charge in [0.05, 0.1) is 6.54 Å². The summed E-state index contributed by atoms with van der Waals surface area (Å²) in [6.07, 6.45) is 3.42. The van der Waals surface area contributed by atoms with Crippen LogP contribution in [-0.2, 0) is 4.79 Å². The molecular formula is C11H22N2O. The Kier molecular flexibility index (Phi) is 4.94. The molecule has 14 heavy (non-hydrogen) atoms. The lowest BCUT2D eigenvalue weighted by Crippen LogP contribution is -2.42. The van der Waals surface area contributed by atoms with Gasteiger partial charge in [0.1, 0.15) is 0 Å². The Hall–Kier alpha value is -0.570. The lowest BCUT2D eigenvalue weighted by Gasteiger charge is -2.30. The van der Waals surface area contributed by atoms with E-state index in [2.05, 4.69) is 19.2 Å². The van der Waals surface area contributed by atoms with Crippen LogP contribution in [0.15, 0.2) is 0 Å². The molecule has 1 amide bonds. The molecule has 1 fully saturated rings. The molecule has 3 heteroatoms. The van der Waals surface area contributed by atoms with Gasteiger partial charge in [-0.1, -0.05) is 13.8 Å². The summed E-state index contributed by atoms with van der Waals surface area (Å²) in [5.41, 5.74) is 0. The van der Waals surface area contributed by atoms with Gasteiger partial charge in [0.2, 0.25) is 5.91 Å². The maximum atomic E-state index is 11.6. The Bertz CT molecular complexity index is 174. The van der Waals surface area contributed by atoms with Gasteiger partial charge < -0.3 is 10.2 Å². The molecule has 0 radical (unpaired) electrons. The van der Waals surface area contributed by atoms with Crippen LogP contribution in [0, 0.1) is 5.92 Å². The highest BCUT2D eigenvalue weighted by atomic mass is 16.2. The third-order valence-electron chi connectivity index (χ3n) is 2.84. The van der Waals surface area contributed by atoms with E-state index in [1.165, 1.54) is 12.8 Å². The smallest absolute Gasteiger partial charge is 0.236 e. The van der Waals surface area contributed by atoms with Crippen LogP contribution in [0.25, 0.3) is 0 Å². The van der Waals surface area contributed by atoms with Crippen LogP contribution in [0.5, 0.6) is 0 Å². The highest BCUT2D eigenvalue weighted by Gasteiger charge is 2.19. The summed E-state index contributed by atoms with van der Waals surface area (Å²) in [5, 5.41) is 3.15. The molecule has 3 nitrogen and oxygen atoms in total. The zero-order valence-corrected chi connectivity index (χ0v) is 9.38. The Morgan fingerprint density at radius 1 is 1.43 bits per heavy atom. The van der Waals surface area contributed by atoms with E-state index in [-0.39, 0.29) is 5.91 Å². The molecule has 0 aliphatic carbocycles. The highest BCUT2D eigenvalue weighted by Crippen LogP contribution is 2.15. The van der Waals surface area contributed by atoms with E-state index < -0.39 is 0 Å². The van der Waals surface area contributed by atoms with Crippen molar-refractivity contribution in [3.8, 4) is 0 Å². The summed E-state index contributed by atoms with van der Waals surface area (Å²) < 4.78 is 0. The lowest BCUT2D eigenvalue weighted by molar-refractivity contribution is -0.131. The van der Waals surface area contributed by atoms with Gasteiger partial charge in [-0.25, -0.2) is 0 Å². The molecule has 1 N–H and O–H groups in total. The van der Waals surface area contributed by atoms with Crippen molar-refractivity contribution in [1.82, 2.24) is 10.2 Å². The maximum Gasteiger partial charge on any atom is 0.236 e. The van der Waals surface area contributed by atoms with Crippen molar-refractivity contribution in [2.75, 3.05) is 26.2 Å². The topological polar surface area (TPSA) is 32.3 Å². The van der Waals surface area contributed by atoms with E-state index in [0.29, 0.717) is 6.54 Å². The van der Waals surface area contributed by atoms with Crippen LogP contribution in [0.4, 0.5) is 0 Å². The first-order valence-electron chi connectivity index (χ1n) is 5.72. The number of likely N-dealkylation sites (tertiary alicyclic amines) is 1. The Morgan fingerprint density at radius 3 is 2.64 bits per heavy atom. The van der Waals surface area contributed by atoms with E-state index in [0.717, 1.165) is 32.0 Å². The minimum absolute atomic E-state index is 0.269. The molecule has 1 rings (SSSR count). The van der Waals surface area contributed by atoms with Crippen molar-refractivity contribution in [1.29, 1.82) is 0 Å². The number of carbonyl (C=O) groups excluding carboxylic acids is 1. The SMILES string of the molecule is CCCNCC(=O)N1CCC(C)CC1. The van der Waals surface area contributed by atoms with Gasteiger partial charge in [0, 0.05) is 13.1 Å². The Labute approximate surface area is 86.9 Å². The summed E-state index contributed by atoms with van der Waals surface area (Å²) in [7, 11) is 0. The molecule has 0 atom stereocenters. The molecule has 82 valence electrons. The van der Waals surface area contributed by atoms with Gasteiger partial charge in [-0.2, -0.15) is 0 Å². The molecule has 0 aromatic rings. The van der Waals surface area contributed by atoms with Crippen LogP contribution in [-0.4, -0.2) is 37.0 Å². The fourth-order valence-electron chi connectivity index (χ4n) is 1.74. The van der Waals surface area contributed by atoms with Gasteiger partial charge in [0.15, 0.2) is 0 Å². The number of rotatable bonds is 4. The van der Waals surface area contributed by atoms with Crippen molar-refractivity contribution >= 4 is 5.91 Å². The number of hydrogen-bond acceptors (Lipinski definition) is 2. The van der Waals surface area contributed by atoms with Gasteiger partial charge in [-0.15, -0.1) is 0 Å². The van der Waals surface area contributed by atoms with E-state index in [1.807, 2.05) is 4.90 Å². The van der Waals surface area contributed by atoms with Crippen molar-refractivity contribution in [3.05, 3.63) is 0 Å². The molecule has 1 aliphatic heterocycles. The molecule has 1 heterocycles. The highest BCUT2D eigenvalue weighted by molar-refractivity contribution is 5.78. The Balaban J connectivity index is 2.17. The van der Waals surface area contributed by atoms with Crippen LogP contribution in [0.1, 0.15) is 33.1 Å². The maximum absolute atomic E-state index is 11.6. The number of nitrogens with zero attached hydrogens (tertiary/aromatic N) is 1. The van der Waals surface area contributed by atoms with Gasteiger partial charge in [-0.3, -0.25) is 4.79 Å². The number of nitrogens with one attached hydrogen (secondary N) is 1. The number of hydrogen-bond donors (Lipinski definition) is 1. The zero-order chi connectivity index (χ0) is 10.4. The van der Waals surface area contributed by atoms with E-state index >= 15 is 0 Å². The predicted octanol–water partition coefficient (Wildman–Crippen LogP) is 1.24.